The van der Waals surface area contributed by atoms with Crippen molar-refractivity contribution >= 4 is 17.3 Å². The maximum Gasteiger partial charge on any atom is 0.335 e. The van der Waals surface area contributed by atoms with Crippen LogP contribution in [0.1, 0.15) is 24.2 Å². The van der Waals surface area contributed by atoms with Gasteiger partial charge in [-0.25, -0.2) is 4.79 Å². The number of hydrogen-bond donors (Lipinski definition) is 3. The Morgan fingerprint density at radius 3 is 2.53 bits per heavy atom. The van der Waals surface area contributed by atoms with Crippen molar-refractivity contribution in [2.45, 2.75) is 19.4 Å². The summed E-state index contributed by atoms with van der Waals surface area (Å²) in [6, 6.07) is 4.52. The number of anilines is 2. The number of hydrogen-bond acceptors (Lipinski definition) is 4. The Hall–Kier alpha value is -1.75. The molecule has 0 fully saturated rings. The van der Waals surface area contributed by atoms with Crippen molar-refractivity contribution in [1.29, 1.82) is 0 Å². The van der Waals surface area contributed by atoms with Gasteiger partial charge in [0.05, 0.1) is 22.5 Å². The maximum atomic E-state index is 10.9. The van der Waals surface area contributed by atoms with Crippen LogP contribution in [0.4, 0.5) is 11.4 Å². The fourth-order valence-electron chi connectivity index (χ4n) is 1.67. The van der Waals surface area contributed by atoms with Gasteiger partial charge in [0, 0.05) is 13.6 Å². The van der Waals surface area contributed by atoms with Crippen LogP contribution in [0, 0.1) is 0 Å². The Kier molecular flexibility index (Phi) is 3.63. The highest BCUT2D eigenvalue weighted by molar-refractivity contribution is 5.90. The maximum absolute atomic E-state index is 10.9. The number of aromatic carboxylic acids is 1. The van der Waals surface area contributed by atoms with Crippen LogP contribution in [0.2, 0.25) is 0 Å². The first-order valence-corrected chi connectivity index (χ1v) is 5.27. The van der Waals surface area contributed by atoms with E-state index in [9.17, 15) is 9.90 Å². The van der Waals surface area contributed by atoms with Crippen molar-refractivity contribution in [3.8, 4) is 0 Å². The summed E-state index contributed by atoms with van der Waals surface area (Å²) in [5, 5.41) is 18.6. The second kappa shape index (κ2) is 4.63. The minimum Gasteiger partial charge on any atom is -0.478 e. The summed E-state index contributed by atoms with van der Waals surface area (Å²) in [4.78, 5) is 12.6. The van der Waals surface area contributed by atoms with Crippen molar-refractivity contribution < 1.29 is 15.0 Å². The largest absolute Gasteiger partial charge is 0.478 e. The fourth-order valence-corrected chi connectivity index (χ4v) is 1.67. The summed E-state index contributed by atoms with van der Waals surface area (Å²) in [7, 11) is 1.76. The number of nitrogen functional groups attached to an aromatic ring is 1. The fraction of sp³-hybridized carbons (Fsp3) is 0.417. The molecule has 0 aromatic heterocycles. The summed E-state index contributed by atoms with van der Waals surface area (Å²) in [5.41, 5.74) is 6.19. The highest BCUT2D eigenvalue weighted by Gasteiger charge is 2.18. The molecule has 1 rings (SSSR count). The Morgan fingerprint density at radius 2 is 2.06 bits per heavy atom. The van der Waals surface area contributed by atoms with Crippen LogP contribution in [0.5, 0.6) is 0 Å². The molecule has 0 spiro atoms. The molecule has 1 aromatic rings. The van der Waals surface area contributed by atoms with Gasteiger partial charge in [0.25, 0.3) is 0 Å². The van der Waals surface area contributed by atoms with Gasteiger partial charge in [-0.1, -0.05) is 0 Å². The third kappa shape index (κ3) is 3.64. The molecule has 0 saturated carbocycles. The molecule has 5 nitrogen and oxygen atoms in total. The van der Waals surface area contributed by atoms with Crippen LogP contribution in [-0.2, 0) is 0 Å². The van der Waals surface area contributed by atoms with Gasteiger partial charge in [-0.2, -0.15) is 0 Å². The van der Waals surface area contributed by atoms with Gasteiger partial charge in [-0.05, 0) is 32.0 Å². The first kappa shape index (κ1) is 13.3. The van der Waals surface area contributed by atoms with Crippen LogP contribution in [0.3, 0.4) is 0 Å². The lowest BCUT2D eigenvalue weighted by Gasteiger charge is -2.28. The van der Waals surface area contributed by atoms with Crippen LogP contribution in [-0.4, -0.2) is 35.4 Å². The molecule has 4 N–H and O–H groups in total. The second-order valence-electron chi connectivity index (χ2n) is 4.75. The predicted octanol–water partition coefficient (Wildman–Crippen LogP) is 1.17. The lowest BCUT2D eigenvalue weighted by atomic mass is 10.1. The average Bonchev–Trinajstić information content (AvgIpc) is 2.14. The van der Waals surface area contributed by atoms with E-state index in [1.807, 2.05) is 0 Å². The van der Waals surface area contributed by atoms with Crippen LogP contribution < -0.4 is 10.6 Å². The molecule has 0 bridgehead atoms. The van der Waals surface area contributed by atoms with Crippen molar-refractivity contribution in [3.63, 3.8) is 0 Å². The first-order valence-electron chi connectivity index (χ1n) is 5.27. The van der Waals surface area contributed by atoms with Gasteiger partial charge in [0.1, 0.15) is 0 Å². The average molecular weight is 238 g/mol. The normalized spacial score (nSPS) is 11.3. The van der Waals surface area contributed by atoms with E-state index in [-0.39, 0.29) is 5.56 Å². The van der Waals surface area contributed by atoms with Gasteiger partial charge in [0.2, 0.25) is 0 Å². The summed E-state index contributed by atoms with van der Waals surface area (Å²) in [6.07, 6.45) is 0. The van der Waals surface area contributed by atoms with Crippen LogP contribution >= 0.6 is 0 Å². The number of carboxylic acids is 1. The minimum atomic E-state index is -0.997. The number of nitrogens with two attached hydrogens (primary N) is 1. The van der Waals surface area contributed by atoms with E-state index in [0.717, 1.165) is 0 Å². The Bertz CT molecular complexity index is 424. The van der Waals surface area contributed by atoms with Crippen molar-refractivity contribution in [1.82, 2.24) is 0 Å². The van der Waals surface area contributed by atoms with E-state index < -0.39 is 11.6 Å². The molecule has 1 aromatic carbocycles. The van der Waals surface area contributed by atoms with Crippen LogP contribution in [0.15, 0.2) is 18.2 Å². The number of carbonyl (C=O) groups is 1. The molecule has 0 aliphatic rings. The summed E-state index contributed by atoms with van der Waals surface area (Å²) in [5.74, 6) is -0.997. The monoisotopic (exact) mass is 238 g/mol. The molecule has 17 heavy (non-hydrogen) atoms. The van der Waals surface area contributed by atoms with Gasteiger partial charge >= 0.3 is 5.97 Å². The summed E-state index contributed by atoms with van der Waals surface area (Å²) in [6.45, 7) is 3.72. The van der Waals surface area contributed by atoms with E-state index in [4.69, 9.17) is 10.8 Å². The highest BCUT2D eigenvalue weighted by Crippen LogP contribution is 2.24. The molecule has 0 saturated heterocycles. The number of carboxylic acid groups (broad SMARTS) is 1. The smallest absolute Gasteiger partial charge is 0.335 e. The molecule has 0 aliphatic heterocycles. The Balaban J connectivity index is 3.04. The lowest BCUT2D eigenvalue weighted by molar-refractivity contribution is 0.0697. The number of nitrogens with zero attached hydrogens (tertiary/aromatic N) is 1. The predicted molar refractivity (Wildman–Crippen MR) is 67.4 cm³/mol. The van der Waals surface area contributed by atoms with Crippen molar-refractivity contribution in [2.75, 3.05) is 24.2 Å². The molecule has 0 radical (unpaired) electrons. The number of rotatable bonds is 4. The second-order valence-corrected chi connectivity index (χ2v) is 4.75. The van der Waals surface area contributed by atoms with E-state index in [1.165, 1.54) is 12.1 Å². The number of likely N-dealkylation sites (N-methyl/N-ethyl adjacent to an activating group) is 1. The molecule has 0 heterocycles. The van der Waals surface area contributed by atoms with Gasteiger partial charge in [-0.3, -0.25) is 0 Å². The highest BCUT2D eigenvalue weighted by atomic mass is 16.4. The third-order valence-corrected chi connectivity index (χ3v) is 2.31. The molecule has 94 valence electrons. The Labute approximate surface area is 100 Å². The zero-order valence-corrected chi connectivity index (χ0v) is 10.3. The topological polar surface area (TPSA) is 86.8 Å². The Morgan fingerprint density at radius 1 is 1.47 bits per heavy atom. The molecule has 5 heteroatoms. The molecule has 0 amide bonds. The zero-order valence-electron chi connectivity index (χ0n) is 10.3. The summed E-state index contributed by atoms with van der Waals surface area (Å²) < 4.78 is 0. The molecule has 0 unspecified atom stereocenters. The molecule has 0 atom stereocenters. The van der Waals surface area contributed by atoms with E-state index in [1.54, 1.807) is 31.9 Å². The van der Waals surface area contributed by atoms with Gasteiger partial charge in [0.15, 0.2) is 0 Å². The van der Waals surface area contributed by atoms with Crippen molar-refractivity contribution in [3.05, 3.63) is 23.8 Å². The zero-order chi connectivity index (χ0) is 13.2. The lowest BCUT2D eigenvalue weighted by Crippen LogP contribution is -2.36. The third-order valence-electron chi connectivity index (χ3n) is 2.31. The first-order chi connectivity index (χ1) is 7.70. The van der Waals surface area contributed by atoms with E-state index in [0.29, 0.717) is 17.9 Å². The minimum absolute atomic E-state index is 0.178. The van der Waals surface area contributed by atoms with Crippen molar-refractivity contribution in [2.24, 2.45) is 0 Å². The molecular weight excluding hydrogens is 220 g/mol. The van der Waals surface area contributed by atoms with E-state index >= 15 is 0 Å². The quantitative estimate of drug-likeness (QED) is 0.685. The standard InChI is InChI=1S/C12H18N2O3/c1-12(2,17)7-14(3)10-6-8(11(15)16)4-5-9(10)13/h4-6,17H,7,13H2,1-3H3,(H,15,16). The van der Waals surface area contributed by atoms with Gasteiger partial charge in [-0.15, -0.1) is 0 Å². The van der Waals surface area contributed by atoms with Crippen LogP contribution in [0.25, 0.3) is 0 Å². The number of aliphatic hydroxyl groups is 1. The summed E-state index contributed by atoms with van der Waals surface area (Å²) >= 11 is 0. The van der Waals surface area contributed by atoms with Gasteiger partial charge < -0.3 is 20.8 Å². The SMILES string of the molecule is CN(CC(C)(C)O)c1cc(C(=O)O)ccc1N. The van der Waals surface area contributed by atoms with E-state index in [2.05, 4.69) is 0 Å². The molecule has 0 aliphatic carbocycles. The number of benzene rings is 1. The molecular formula is C12H18N2O3.